The second kappa shape index (κ2) is 8.36. The molecule has 2 aromatic rings. The van der Waals surface area contributed by atoms with Crippen molar-refractivity contribution in [2.24, 2.45) is 0 Å². The minimum atomic E-state index is -0.759. The topological polar surface area (TPSA) is 86.6 Å². The smallest absolute Gasteiger partial charge is 0.414 e. The Balaban J connectivity index is 1.44. The van der Waals surface area contributed by atoms with E-state index >= 15 is 0 Å². The van der Waals surface area contributed by atoms with Crippen molar-refractivity contribution in [2.45, 2.75) is 25.5 Å². The van der Waals surface area contributed by atoms with Gasteiger partial charge in [0.05, 0.1) is 30.7 Å². The van der Waals surface area contributed by atoms with E-state index in [2.05, 4.69) is 10.3 Å². The number of ether oxygens (including phenoxy) is 1. The molecule has 2 aliphatic heterocycles. The lowest BCUT2D eigenvalue weighted by Crippen LogP contribution is -2.32. The lowest BCUT2D eigenvalue weighted by Gasteiger charge is -2.28. The molecular formula is C18H22FN5O3S. The van der Waals surface area contributed by atoms with Crippen molar-refractivity contribution in [3.05, 3.63) is 36.4 Å². The van der Waals surface area contributed by atoms with Crippen molar-refractivity contribution in [1.29, 1.82) is 0 Å². The van der Waals surface area contributed by atoms with Gasteiger partial charge < -0.3 is 14.2 Å². The Kier molecular flexibility index (Phi) is 5.67. The highest BCUT2D eigenvalue weighted by Crippen LogP contribution is 2.29. The number of rotatable bonds is 4. The number of carbonyl (C=O) groups is 1. The van der Waals surface area contributed by atoms with Gasteiger partial charge in [0.25, 0.3) is 0 Å². The highest BCUT2D eigenvalue weighted by Gasteiger charge is 2.33. The van der Waals surface area contributed by atoms with Gasteiger partial charge in [0.2, 0.25) is 0 Å². The van der Waals surface area contributed by atoms with E-state index in [0.717, 1.165) is 12.8 Å². The number of benzene rings is 1. The summed E-state index contributed by atoms with van der Waals surface area (Å²) < 4.78 is 33.4. The number of amides is 1. The van der Waals surface area contributed by atoms with Crippen LogP contribution in [-0.2, 0) is 22.5 Å². The monoisotopic (exact) mass is 407 g/mol. The quantitative estimate of drug-likeness (QED) is 0.719. The molecule has 1 unspecified atom stereocenters. The molecule has 0 bridgehead atoms. The average Bonchev–Trinajstić information content (AvgIpc) is 3.28. The van der Waals surface area contributed by atoms with Gasteiger partial charge in [-0.15, -0.1) is 5.10 Å². The largest absolute Gasteiger partial charge is 0.616 e. The summed E-state index contributed by atoms with van der Waals surface area (Å²) in [6.45, 7) is 2.08. The number of anilines is 2. The predicted octanol–water partition coefficient (Wildman–Crippen LogP) is 1.79. The molecular weight excluding hydrogens is 385 g/mol. The van der Waals surface area contributed by atoms with Crippen molar-refractivity contribution in [2.75, 3.05) is 40.9 Å². The number of carbonyl (C=O) groups excluding carboxylic acids is 1. The molecule has 1 amide bonds. The zero-order chi connectivity index (χ0) is 19.5. The van der Waals surface area contributed by atoms with E-state index in [4.69, 9.17) is 4.74 Å². The van der Waals surface area contributed by atoms with E-state index in [1.54, 1.807) is 29.2 Å². The summed E-state index contributed by atoms with van der Waals surface area (Å²) in [5, 5.41) is 7.60. The van der Waals surface area contributed by atoms with Crippen LogP contribution in [0.2, 0.25) is 0 Å². The van der Waals surface area contributed by atoms with Crippen LogP contribution in [0.25, 0.3) is 0 Å². The molecule has 28 heavy (non-hydrogen) atoms. The Bertz CT molecular complexity index is 812. The van der Waals surface area contributed by atoms with Gasteiger partial charge in [-0.3, -0.25) is 4.90 Å². The third-order valence-corrected chi connectivity index (χ3v) is 6.41. The molecule has 2 aliphatic rings. The first-order chi connectivity index (χ1) is 13.6. The van der Waals surface area contributed by atoms with Crippen LogP contribution in [0.5, 0.6) is 0 Å². The van der Waals surface area contributed by atoms with Crippen LogP contribution in [0.3, 0.4) is 0 Å². The number of halogens is 1. The third-order valence-electron chi connectivity index (χ3n) is 4.92. The zero-order valence-electron chi connectivity index (χ0n) is 15.4. The molecule has 0 saturated carbocycles. The highest BCUT2D eigenvalue weighted by atomic mass is 32.2. The van der Waals surface area contributed by atoms with Crippen molar-refractivity contribution in [1.82, 2.24) is 15.0 Å². The lowest BCUT2D eigenvalue weighted by molar-refractivity contribution is 0.129. The normalized spacial score (nSPS) is 21.5. The summed E-state index contributed by atoms with van der Waals surface area (Å²) in [5.74, 6) is 0.943. The molecule has 2 fully saturated rings. The standard InChI is InChI=1S/C18H22FN5O3S/c19-16-11-14(3-4-17(16)22-6-1-9-28(26)10-2-7-22)24-13-15(27-18(24)25)12-23-8-5-20-21-23/h3-5,8,11,15H,1-2,6-7,9-10,12-13H2. The van der Waals surface area contributed by atoms with Crippen LogP contribution < -0.4 is 9.80 Å². The van der Waals surface area contributed by atoms with E-state index < -0.39 is 17.3 Å². The summed E-state index contributed by atoms with van der Waals surface area (Å²) >= 11 is -0.759. The summed E-state index contributed by atoms with van der Waals surface area (Å²) in [5.41, 5.74) is 0.989. The second-order valence-corrected chi connectivity index (χ2v) is 8.62. The predicted molar refractivity (Wildman–Crippen MR) is 103 cm³/mol. The number of hydrogen-bond acceptors (Lipinski definition) is 6. The molecule has 150 valence electrons. The zero-order valence-corrected chi connectivity index (χ0v) is 16.2. The molecule has 0 radical (unpaired) electrons. The molecule has 0 aliphatic carbocycles. The Morgan fingerprint density at radius 2 is 2.07 bits per heavy atom. The molecule has 1 atom stereocenters. The summed E-state index contributed by atoms with van der Waals surface area (Å²) in [6.07, 6.45) is 3.94. The Morgan fingerprint density at radius 1 is 1.29 bits per heavy atom. The van der Waals surface area contributed by atoms with Crippen LogP contribution in [0.1, 0.15) is 12.8 Å². The van der Waals surface area contributed by atoms with Crippen molar-refractivity contribution >= 4 is 28.6 Å². The molecule has 10 heteroatoms. The van der Waals surface area contributed by atoms with Gasteiger partial charge in [-0.2, -0.15) is 0 Å². The fourth-order valence-electron chi connectivity index (χ4n) is 3.57. The first kappa shape index (κ1) is 19.0. The van der Waals surface area contributed by atoms with Gasteiger partial charge in [0.1, 0.15) is 23.4 Å². The molecule has 0 N–H and O–H groups in total. The molecule has 8 nitrogen and oxygen atoms in total. The van der Waals surface area contributed by atoms with Crippen LogP contribution in [-0.4, -0.2) is 62.9 Å². The Labute approximate surface area is 165 Å². The van der Waals surface area contributed by atoms with E-state index in [-0.39, 0.29) is 11.9 Å². The minimum absolute atomic E-state index is 0.326. The van der Waals surface area contributed by atoms with E-state index in [1.807, 2.05) is 4.90 Å². The minimum Gasteiger partial charge on any atom is -0.616 e. The molecule has 4 rings (SSSR count). The van der Waals surface area contributed by atoms with Gasteiger partial charge in [0.15, 0.2) is 0 Å². The van der Waals surface area contributed by atoms with Crippen LogP contribution in [0, 0.1) is 5.82 Å². The summed E-state index contributed by atoms with van der Waals surface area (Å²) in [6, 6.07) is 4.83. The fraction of sp³-hybridized carbons (Fsp3) is 0.500. The summed E-state index contributed by atoms with van der Waals surface area (Å²) in [7, 11) is 0. The van der Waals surface area contributed by atoms with E-state index in [9.17, 15) is 13.7 Å². The number of nitrogens with zero attached hydrogens (tertiary/aromatic N) is 5. The Morgan fingerprint density at radius 3 is 2.75 bits per heavy atom. The first-order valence-corrected chi connectivity index (χ1v) is 10.8. The van der Waals surface area contributed by atoms with Crippen molar-refractivity contribution in [3.63, 3.8) is 0 Å². The van der Waals surface area contributed by atoms with Crippen molar-refractivity contribution < 1.29 is 18.5 Å². The van der Waals surface area contributed by atoms with Gasteiger partial charge in [0, 0.05) is 32.1 Å². The van der Waals surface area contributed by atoms with Crippen molar-refractivity contribution in [3.8, 4) is 0 Å². The van der Waals surface area contributed by atoms with Gasteiger partial charge in [-0.05, 0) is 18.2 Å². The highest BCUT2D eigenvalue weighted by molar-refractivity contribution is 7.91. The van der Waals surface area contributed by atoms with Gasteiger partial charge in [-0.25, -0.2) is 13.9 Å². The van der Waals surface area contributed by atoms with Crippen LogP contribution >= 0.6 is 0 Å². The average molecular weight is 407 g/mol. The lowest BCUT2D eigenvalue weighted by atomic mass is 10.2. The maximum Gasteiger partial charge on any atom is 0.414 e. The summed E-state index contributed by atoms with van der Waals surface area (Å²) in [4.78, 5) is 15.6. The molecule has 3 heterocycles. The maximum absolute atomic E-state index is 14.8. The van der Waals surface area contributed by atoms with E-state index in [1.165, 1.54) is 11.0 Å². The number of cyclic esters (lactones) is 1. The Hall–Kier alpha value is -2.33. The number of aromatic nitrogens is 3. The first-order valence-electron chi connectivity index (χ1n) is 9.32. The third kappa shape index (κ3) is 4.22. The number of hydrogen-bond donors (Lipinski definition) is 0. The van der Waals surface area contributed by atoms with Crippen LogP contribution in [0.4, 0.5) is 20.6 Å². The molecule has 1 aromatic carbocycles. The van der Waals surface area contributed by atoms with Gasteiger partial charge >= 0.3 is 6.09 Å². The van der Waals surface area contributed by atoms with E-state index in [0.29, 0.717) is 49.1 Å². The fourth-order valence-corrected chi connectivity index (χ4v) is 4.68. The van der Waals surface area contributed by atoms with Crippen LogP contribution in [0.15, 0.2) is 30.6 Å². The maximum atomic E-state index is 14.8. The van der Waals surface area contributed by atoms with Gasteiger partial charge in [-0.1, -0.05) is 16.4 Å². The molecule has 1 aromatic heterocycles. The second-order valence-electron chi connectivity index (χ2n) is 6.92. The SMILES string of the molecule is O=C1OC(Cn2ccnn2)CN1c1ccc(N2CCC[S+]([O-])CCC2)c(F)c1. The molecule has 2 saturated heterocycles. The molecule has 0 spiro atoms.